The molecule has 4 rings (SSSR count). The minimum Gasteiger partial charge on any atom is -0.252 e. The third kappa shape index (κ3) is 4.68. The molecule has 8 nitrogen and oxygen atoms in total. The maximum Gasteiger partial charge on any atom is 0.198 e. The smallest absolute Gasteiger partial charge is 0.198 e. The highest BCUT2D eigenvalue weighted by Gasteiger charge is 2.15. The van der Waals surface area contributed by atoms with Gasteiger partial charge in [-0.3, -0.25) is 4.98 Å². The predicted molar refractivity (Wildman–Crippen MR) is 119 cm³/mol. The van der Waals surface area contributed by atoms with Crippen molar-refractivity contribution >= 4 is 0 Å². The zero-order valence-corrected chi connectivity index (χ0v) is 18.3. The van der Waals surface area contributed by atoms with Crippen molar-refractivity contribution in [1.29, 1.82) is 0 Å². The summed E-state index contributed by atoms with van der Waals surface area (Å²) in [6, 6.07) is 12.5. The second-order valence-electron chi connectivity index (χ2n) is 7.80. The molecule has 0 bridgehead atoms. The molecule has 0 aliphatic carbocycles. The van der Waals surface area contributed by atoms with Crippen LogP contribution in [0.2, 0.25) is 0 Å². The summed E-state index contributed by atoms with van der Waals surface area (Å²) >= 11 is 0. The highest BCUT2D eigenvalue weighted by atomic mass is 15.5. The number of rotatable bonds is 9. The van der Waals surface area contributed by atoms with Crippen molar-refractivity contribution < 1.29 is 0 Å². The van der Waals surface area contributed by atoms with Gasteiger partial charge in [-0.25, -0.2) is 14.8 Å². The number of aromatic amines is 1. The fourth-order valence-corrected chi connectivity index (χ4v) is 3.47. The Labute approximate surface area is 182 Å². The third-order valence-electron chi connectivity index (χ3n) is 5.55. The molecular weight excluding hydrogens is 388 g/mol. The van der Waals surface area contributed by atoms with E-state index in [-0.39, 0.29) is 0 Å². The summed E-state index contributed by atoms with van der Waals surface area (Å²) < 4.78 is 2.09. The largest absolute Gasteiger partial charge is 0.252 e. The summed E-state index contributed by atoms with van der Waals surface area (Å²) in [4.78, 5) is 9.33. The number of nitrogens with zero attached hydrogens (tertiary/aromatic N) is 7. The summed E-state index contributed by atoms with van der Waals surface area (Å²) in [5.74, 6) is 2.91. The van der Waals surface area contributed by atoms with Crippen molar-refractivity contribution in [3.63, 3.8) is 0 Å². The zero-order chi connectivity index (χ0) is 21.6. The SMILES string of the molecule is CCCCn1nc(C(C)CC)nc1Cc1ccc(-c2cccnc2-c2nnn[nH]2)cc1. The lowest BCUT2D eigenvalue weighted by Gasteiger charge is -2.08. The summed E-state index contributed by atoms with van der Waals surface area (Å²) in [7, 11) is 0. The molecule has 0 amide bonds. The van der Waals surface area contributed by atoms with Crippen LogP contribution < -0.4 is 0 Å². The molecule has 0 spiro atoms. The van der Waals surface area contributed by atoms with E-state index in [4.69, 9.17) is 10.1 Å². The van der Waals surface area contributed by atoms with Crippen LogP contribution in [0.25, 0.3) is 22.6 Å². The van der Waals surface area contributed by atoms with Crippen LogP contribution in [0, 0.1) is 0 Å². The lowest BCUT2D eigenvalue weighted by atomic mass is 10.0. The fraction of sp³-hybridized carbons (Fsp3) is 0.391. The van der Waals surface area contributed by atoms with Gasteiger partial charge in [0, 0.05) is 30.6 Å². The predicted octanol–water partition coefficient (Wildman–Crippen LogP) is 4.42. The number of hydrogen-bond acceptors (Lipinski definition) is 6. The van der Waals surface area contributed by atoms with Crippen LogP contribution in [0.15, 0.2) is 42.6 Å². The van der Waals surface area contributed by atoms with Gasteiger partial charge in [0.05, 0.1) is 0 Å². The van der Waals surface area contributed by atoms with Crippen molar-refractivity contribution in [2.45, 2.75) is 58.9 Å². The second kappa shape index (κ2) is 9.59. The number of hydrogen-bond donors (Lipinski definition) is 1. The first-order valence-electron chi connectivity index (χ1n) is 10.9. The van der Waals surface area contributed by atoms with Crippen LogP contribution in [-0.2, 0) is 13.0 Å². The van der Waals surface area contributed by atoms with Gasteiger partial charge in [0.1, 0.15) is 11.5 Å². The lowest BCUT2D eigenvalue weighted by Crippen LogP contribution is -2.06. The van der Waals surface area contributed by atoms with Crippen LogP contribution in [0.1, 0.15) is 63.2 Å². The van der Waals surface area contributed by atoms with Gasteiger partial charge in [-0.15, -0.1) is 5.10 Å². The van der Waals surface area contributed by atoms with E-state index in [0.717, 1.165) is 60.7 Å². The van der Waals surface area contributed by atoms with Crippen molar-refractivity contribution in [1.82, 2.24) is 40.4 Å². The molecule has 0 aliphatic heterocycles. The van der Waals surface area contributed by atoms with Gasteiger partial charge in [-0.1, -0.05) is 57.5 Å². The Hall–Kier alpha value is -3.42. The molecule has 3 heterocycles. The molecule has 3 aromatic heterocycles. The number of benzene rings is 1. The minimum atomic E-state index is 0.374. The molecule has 1 N–H and O–H groups in total. The van der Waals surface area contributed by atoms with Crippen molar-refractivity contribution in [2.24, 2.45) is 0 Å². The van der Waals surface area contributed by atoms with Crippen molar-refractivity contribution in [2.75, 3.05) is 0 Å². The van der Waals surface area contributed by atoms with Gasteiger partial charge in [-0.05, 0) is 40.5 Å². The molecule has 4 aromatic rings. The van der Waals surface area contributed by atoms with E-state index in [9.17, 15) is 0 Å². The normalized spacial score (nSPS) is 12.2. The molecule has 0 saturated heterocycles. The van der Waals surface area contributed by atoms with E-state index >= 15 is 0 Å². The Bertz CT molecular complexity index is 1100. The number of aryl methyl sites for hydroxylation is 1. The average Bonchev–Trinajstić information content (AvgIpc) is 3.48. The third-order valence-corrected chi connectivity index (χ3v) is 5.55. The number of pyridine rings is 1. The first-order chi connectivity index (χ1) is 15.2. The molecule has 0 saturated carbocycles. The topological polar surface area (TPSA) is 98.1 Å². The van der Waals surface area contributed by atoms with Crippen LogP contribution in [-0.4, -0.2) is 40.4 Å². The lowest BCUT2D eigenvalue weighted by molar-refractivity contribution is 0.539. The Kier molecular flexibility index (Phi) is 6.45. The molecule has 1 unspecified atom stereocenters. The Morgan fingerprint density at radius 2 is 1.94 bits per heavy atom. The summed E-state index contributed by atoms with van der Waals surface area (Å²) in [6.07, 6.45) is 5.80. The van der Waals surface area contributed by atoms with Crippen LogP contribution >= 0.6 is 0 Å². The molecule has 0 radical (unpaired) electrons. The van der Waals surface area contributed by atoms with Gasteiger partial charge in [0.15, 0.2) is 11.6 Å². The first kappa shape index (κ1) is 20.8. The molecular formula is C23H28N8. The average molecular weight is 417 g/mol. The quantitative estimate of drug-likeness (QED) is 0.433. The van der Waals surface area contributed by atoms with E-state index < -0.39 is 0 Å². The van der Waals surface area contributed by atoms with Gasteiger partial charge >= 0.3 is 0 Å². The highest BCUT2D eigenvalue weighted by molar-refractivity contribution is 5.77. The Balaban J connectivity index is 1.58. The molecule has 0 aliphatic rings. The molecule has 0 fully saturated rings. The summed E-state index contributed by atoms with van der Waals surface area (Å²) in [6.45, 7) is 7.48. The zero-order valence-electron chi connectivity index (χ0n) is 18.3. The number of aromatic nitrogens is 8. The summed E-state index contributed by atoms with van der Waals surface area (Å²) in [5.41, 5.74) is 3.99. The van der Waals surface area contributed by atoms with Gasteiger partial charge in [0.25, 0.3) is 0 Å². The summed E-state index contributed by atoms with van der Waals surface area (Å²) in [5, 5.41) is 18.9. The van der Waals surface area contributed by atoms with Gasteiger partial charge < -0.3 is 0 Å². The maximum absolute atomic E-state index is 4.87. The number of nitrogens with one attached hydrogen (secondary N) is 1. The monoisotopic (exact) mass is 416 g/mol. The van der Waals surface area contributed by atoms with E-state index in [0.29, 0.717) is 11.7 Å². The molecule has 1 aromatic carbocycles. The van der Waals surface area contributed by atoms with Gasteiger partial charge in [0.2, 0.25) is 0 Å². The van der Waals surface area contributed by atoms with Crippen molar-refractivity contribution in [3.05, 3.63) is 59.8 Å². The van der Waals surface area contributed by atoms with Crippen LogP contribution in [0.4, 0.5) is 0 Å². The highest BCUT2D eigenvalue weighted by Crippen LogP contribution is 2.28. The number of unbranched alkanes of at least 4 members (excludes halogenated alkanes) is 1. The fourth-order valence-electron chi connectivity index (χ4n) is 3.47. The molecule has 31 heavy (non-hydrogen) atoms. The molecule has 8 heteroatoms. The van der Waals surface area contributed by atoms with Crippen LogP contribution in [0.3, 0.4) is 0 Å². The van der Waals surface area contributed by atoms with E-state index in [1.165, 1.54) is 5.56 Å². The van der Waals surface area contributed by atoms with E-state index in [1.54, 1.807) is 6.20 Å². The van der Waals surface area contributed by atoms with Crippen LogP contribution in [0.5, 0.6) is 0 Å². The van der Waals surface area contributed by atoms with Crippen molar-refractivity contribution in [3.8, 4) is 22.6 Å². The standard InChI is InChI=1S/C23H28N8/c1-4-6-14-31-20(25-22(28-31)16(3)5-2)15-17-9-11-18(12-10-17)19-8-7-13-24-21(19)23-26-29-30-27-23/h7-13,16H,4-6,14-15H2,1-3H3,(H,26,27,29,30). The molecule has 1 atom stereocenters. The molecule has 160 valence electrons. The van der Waals surface area contributed by atoms with Gasteiger partial charge in [-0.2, -0.15) is 5.10 Å². The number of H-pyrrole nitrogens is 1. The van der Waals surface area contributed by atoms with E-state index in [1.807, 2.05) is 12.1 Å². The minimum absolute atomic E-state index is 0.374. The number of tetrazole rings is 1. The second-order valence-corrected chi connectivity index (χ2v) is 7.80. The Morgan fingerprint density at radius 3 is 2.65 bits per heavy atom. The maximum atomic E-state index is 4.87. The van der Waals surface area contributed by atoms with E-state index in [2.05, 4.69) is 75.3 Å². The first-order valence-corrected chi connectivity index (χ1v) is 10.9. The Morgan fingerprint density at radius 1 is 1.10 bits per heavy atom.